The summed E-state index contributed by atoms with van der Waals surface area (Å²) in [5.74, 6) is 0.328. The number of carbonyl (C=O) groups is 1. The van der Waals surface area contributed by atoms with E-state index in [0.717, 1.165) is 6.42 Å². The van der Waals surface area contributed by atoms with E-state index in [1.165, 1.54) is 5.56 Å². The molecular formula is C15H18N2O. The highest BCUT2D eigenvalue weighted by atomic mass is 16.2. The maximum absolute atomic E-state index is 11.7. The van der Waals surface area contributed by atoms with Gasteiger partial charge in [-0.15, -0.1) is 0 Å². The fourth-order valence-electron chi connectivity index (χ4n) is 2.03. The van der Waals surface area contributed by atoms with Crippen LogP contribution >= 0.6 is 0 Å². The SMILES string of the molecule is CC(CCNC(=O)C1(C#N)CC1)c1ccccc1. The van der Waals surface area contributed by atoms with Crippen molar-refractivity contribution in [2.45, 2.75) is 32.1 Å². The van der Waals surface area contributed by atoms with Crippen molar-refractivity contribution in [1.29, 1.82) is 5.26 Å². The average Bonchev–Trinajstić information content (AvgIpc) is 3.20. The van der Waals surface area contributed by atoms with E-state index in [1.807, 2.05) is 18.2 Å². The van der Waals surface area contributed by atoms with Crippen LogP contribution in [-0.2, 0) is 4.79 Å². The third kappa shape index (κ3) is 2.70. The van der Waals surface area contributed by atoms with E-state index in [0.29, 0.717) is 25.3 Å². The van der Waals surface area contributed by atoms with Crippen LogP contribution in [0.3, 0.4) is 0 Å². The van der Waals surface area contributed by atoms with Crippen LogP contribution < -0.4 is 5.32 Å². The number of hydrogen-bond acceptors (Lipinski definition) is 2. The molecule has 18 heavy (non-hydrogen) atoms. The highest BCUT2D eigenvalue weighted by Crippen LogP contribution is 2.44. The summed E-state index contributed by atoms with van der Waals surface area (Å²) < 4.78 is 0. The second-order valence-corrected chi connectivity index (χ2v) is 5.05. The van der Waals surface area contributed by atoms with Crippen LogP contribution in [0.2, 0.25) is 0 Å². The molecule has 3 heteroatoms. The Morgan fingerprint density at radius 3 is 2.67 bits per heavy atom. The zero-order valence-corrected chi connectivity index (χ0v) is 10.6. The van der Waals surface area contributed by atoms with E-state index in [4.69, 9.17) is 5.26 Å². The maximum atomic E-state index is 11.7. The number of amides is 1. The Balaban J connectivity index is 1.76. The van der Waals surface area contributed by atoms with Crippen molar-refractivity contribution in [1.82, 2.24) is 5.32 Å². The summed E-state index contributed by atoms with van der Waals surface area (Å²) in [5.41, 5.74) is 0.587. The van der Waals surface area contributed by atoms with E-state index in [2.05, 4.69) is 30.4 Å². The lowest BCUT2D eigenvalue weighted by molar-refractivity contribution is -0.124. The minimum atomic E-state index is -0.698. The molecule has 0 bridgehead atoms. The molecule has 1 N–H and O–H groups in total. The number of carbonyl (C=O) groups excluding carboxylic acids is 1. The van der Waals surface area contributed by atoms with Gasteiger partial charge in [-0.05, 0) is 30.7 Å². The van der Waals surface area contributed by atoms with E-state index in [-0.39, 0.29) is 5.91 Å². The van der Waals surface area contributed by atoms with Crippen LogP contribution in [0.4, 0.5) is 0 Å². The third-order valence-electron chi connectivity index (χ3n) is 3.63. The number of nitrogens with zero attached hydrogens (tertiary/aromatic N) is 1. The standard InChI is InChI=1S/C15H18N2O/c1-12(13-5-3-2-4-6-13)7-10-17-14(18)15(11-16)8-9-15/h2-6,12H,7-10H2,1H3,(H,17,18). The molecule has 94 valence electrons. The van der Waals surface area contributed by atoms with Crippen molar-refractivity contribution in [2.24, 2.45) is 5.41 Å². The fourth-order valence-corrected chi connectivity index (χ4v) is 2.03. The Kier molecular flexibility index (Phi) is 3.66. The minimum absolute atomic E-state index is 0.0924. The first kappa shape index (κ1) is 12.6. The van der Waals surface area contributed by atoms with Gasteiger partial charge in [-0.1, -0.05) is 37.3 Å². The molecule has 0 aromatic heterocycles. The summed E-state index contributed by atoms with van der Waals surface area (Å²) in [6.07, 6.45) is 2.32. The monoisotopic (exact) mass is 242 g/mol. The Hall–Kier alpha value is -1.82. The molecule has 0 aliphatic heterocycles. The maximum Gasteiger partial charge on any atom is 0.240 e. The molecule has 0 heterocycles. The van der Waals surface area contributed by atoms with Gasteiger partial charge in [0.15, 0.2) is 0 Å². The summed E-state index contributed by atoms with van der Waals surface area (Å²) in [5, 5.41) is 11.8. The molecule has 1 aromatic rings. The van der Waals surface area contributed by atoms with Crippen LogP contribution in [-0.4, -0.2) is 12.5 Å². The van der Waals surface area contributed by atoms with Crippen molar-refractivity contribution < 1.29 is 4.79 Å². The molecule has 1 aliphatic carbocycles. The lowest BCUT2D eigenvalue weighted by Crippen LogP contribution is -2.32. The van der Waals surface area contributed by atoms with Crippen LogP contribution in [0.25, 0.3) is 0 Å². The number of rotatable bonds is 5. The average molecular weight is 242 g/mol. The first-order chi connectivity index (χ1) is 8.68. The Morgan fingerprint density at radius 2 is 2.11 bits per heavy atom. The van der Waals surface area contributed by atoms with Crippen LogP contribution in [0, 0.1) is 16.7 Å². The molecule has 1 saturated carbocycles. The Morgan fingerprint density at radius 1 is 1.44 bits per heavy atom. The van der Waals surface area contributed by atoms with Gasteiger partial charge in [0, 0.05) is 6.54 Å². The van der Waals surface area contributed by atoms with Gasteiger partial charge in [0.2, 0.25) is 5.91 Å². The number of hydrogen-bond donors (Lipinski definition) is 1. The molecule has 1 aromatic carbocycles. The van der Waals surface area contributed by atoms with Crippen LogP contribution in [0.15, 0.2) is 30.3 Å². The van der Waals surface area contributed by atoms with E-state index < -0.39 is 5.41 Å². The molecular weight excluding hydrogens is 224 g/mol. The summed E-state index contributed by atoms with van der Waals surface area (Å²) in [4.78, 5) is 11.7. The Bertz CT molecular complexity index is 457. The molecule has 0 saturated heterocycles. The number of nitriles is 1. The summed E-state index contributed by atoms with van der Waals surface area (Å²) in [6, 6.07) is 12.4. The molecule has 1 unspecified atom stereocenters. The van der Waals surface area contributed by atoms with Crippen molar-refractivity contribution in [3.05, 3.63) is 35.9 Å². The number of nitrogens with one attached hydrogen (secondary N) is 1. The molecule has 0 radical (unpaired) electrons. The van der Waals surface area contributed by atoms with E-state index in [1.54, 1.807) is 0 Å². The first-order valence-electron chi connectivity index (χ1n) is 6.42. The van der Waals surface area contributed by atoms with Crippen LogP contribution in [0.5, 0.6) is 0 Å². The largest absolute Gasteiger partial charge is 0.355 e. The van der Waals surface area contributed by atoms with Gasteiger partial charge < -0.3 is 5.32 Å². The summed E-state index contributed by atoms with van der Waals surface area (Å²) in [7, 11) is 0. The van der Waals surface area contributed by atoms with Gasteiger partial charge in [0.25, 0.3) is 0 Å². The van der Waals surface area contributed by atoms with Gasteiger partial charge in [-0.3, -0.25) is 4.79 Å². The smallest absolute Gasteiger partial charge is 0.240 e. The topological polar surface area (TPSA) is 52.9 Å². The second kappa shape index (κ2) is 5.22. The molecule has 2 rings (SSSR count). The van der Waals surface area contributed by atoms with Crippen LogP contribution in [0.1, 0.15) is 37.7 Å². The van der Waals surface area contributed by atoms with Crippen molar-refractivity contribution in [3.8, 4) is 6.07 Å². The van der Waals surface area contributed by atoms with Gasteiger partial charge in [-0.25, -0.2) is 0 Å². The van der Waals surface area contributed by atoms with Crippen molar-refractivity contribution >= 4 is 5.91 Å². The predicted molar refractivity (Wildman–Crippen MR) is 69.8 cm³/mol. The minimum Gasteiger partial charge on any atom is -0.355 e. The van der Waals surface area contributed by atoms with Crippen molar-refractivity contribution in [3.63, 3.8) is 0 Å². The first-order valence-corrected chi connectivity index (χ1v) is 6.42. The lowest BCUT2D eigenvalue weighted by atomic mass is 9.98. The zero-order valence-electron chi connectivity index (χ0n) is 10.6. The van der Waals surface area contributed by atoms with E-state index >= 15 is 0 Å². The van der Waals surface area contributed by atoms with Gasteiger partial charge in [-0.2, -0.15) is 5.26 Å². The third-order valence-corrected chi connectivity index (χ3v) is 3.63. The molecule has 1 aliphatic rings. The quantitative estimate of drug-likeness (QED) is 0.862. The molecule has 0 spiro atoms. The van der Waals surface area contributed by atoms with Gasteiger partial charge >= 0.3 is 0 Å². The predicted octanol–water partition coefficient (Wildman–Crippen LogP) is 2.60. The highest BCUT2D eigenvalue weighted by molar-refractivity contribution is 5.88. The van der Waals surface area contributed by atoms with Crippen molar-refractivity contribution in [2.75, 3.05) is 6.54 Å². The van der Waals surface area contributed by atoms with Gasteiger partial charge in [0.05, 0.1) is 6.07 Å². The molecule has 1 fully saturated rings. The fraction of sp³-hybridized carbons (Fsp3) is 0.467. The number of benzene rings is 1. The summed E-state index contributed by atoms with van der Waals surface area (Å²) >= 11 is 0. The second-order valence-electron chi connectivity index (χ2n) is 5.05. The summed E-state index contributed by atoms with van der Waals surface area (Å²) in [6.45, 7) is 2.79. The van der Waals surface area contributed by atoms with Gasteiger partial charge in [0.1, 0.15) is 5.41 Å². The highest BCUT2D eigenvalue weighted by Gasteiger charge is 2.50. The molecule has 1 amide bonds. The normalized spacial score (nSPS) is 17.6. The Labute approximate surface area is 108 Å². The molecule has 1 atom stereocenters. The molecule has 3 nitrogen and oxygen atoms in total. The lowest BCUT2D eigenvalue weighted by Gasteiger charge is -2.13. The zero-order chi connectivity index (χ0) is 13.0. The van der Waals surface area contributed by atoms with E-state index in [9.17, 15) is 4.79 Å².